The van der Waals surface area contributed by atoms with Crippen molar-refractivity contribution in [1.82, 2.24) is 5.32 Å². The molecule has 1 amide bonds. The molecule has 2 aliphatic heterocycles. The highest BCUT2D eigenvalue weighted by Crippen LogP contribution is 2.21. The van der Waals surface area contributed by atoms with Gasteiger partial charge in [-0.25, -0.2) is 9.98 Å². The molecule has 4 heteroatoms. The van der Waals surface area contributed by atoms with Crippen LogP contribution in [0.4, 0.5) is 0 Å². The van der Waals surface area contributed by atoms with Gasteiger partial charge in [0.25, 0.3) is 0 Å². The lowest BCUT2D eigenvalue weighted by molar-refractivity contribution is -0.117. The second kappa shape index (κ2) is 2.97. The molecule has 0 unspecified atom stereocenters. The molecule has 0 aliphatic carbocycles. The number of fused-ring (bicyclic) bond motifs is 1. The molecule has 0 radical (unpaired) electrons. The van der Waals surface area contributed by atoms with Gasteiger partial charge in [-0.05, 0) is 6.08 Å². The molecule has 0 atom stereocenters. The first-order valence-corrected chi connectivity index (χ1v) is 4.04. The van der Waals surface area contributed by atoms with Gasteiger partial charge in [-0.1, -0.05) is 0 Å². The van der Waals surface area contributed by atoms with Crippen molar-refractivity contribution in [3.8, 4) is 0 Å². The predicted molar refractivity (Wildman–Crippen MR) is 50.8 cm³/mol. The molecule has 2 rings (SSSR count). The van der Waals surface area contributed by atoms with Crippen LogP contribution >= 0.6 is 0 Å². The number of carbonyl (C=O) groups excluding carboxylic acids is 1. The monoisotopic (exact) mass is 175 g/mol. The van der Waals surface area contributed by atoms with Crippen LogP contribution in [0.3, 0.4) is 0 Å². The summed E-state index contributed by atoms with van der Waals surface area (Å²) in [6.45, 7) is 0. The minimum atomic E-state index is -0.0735. The third kappa shape index (κ3) is 1.30. The van der Waals surface area contributed by atoms with Gasteiger partial charge in [-0.15, -0.1) is 0 Å². The van der Waals surface area contributed by atoms with E-state index in [-0.39, 0.29) is 5.91 Å². The molecule has 0 aromatic rings. The Hall–Kier alpha value is -1.71. The second-order valence-electron chi connectivity index (χ2n) is 2.83. The van der Waals surface area contributed by atoms with Gasteiger partial charge in [-0.3, -0.25) is 4.79 Å². The number of carbonyl (C=O) groups is 1. The molecule has 0 saturated heterocycles. The minimum Gasteiger partial charge on any atom is -0.355 e. The molecule has 0 bridgehead atoms. The smallest absolute Gasteiger partial charge is 0.248 e. The SMILES string of the molecule is CNC(=O)C1=CN=C2N=CC=C2C1. The average Bonchev–Trinajstić information content (AvgIpc) is 2.63. The van der Waals surface area contributed by atoms with Gasteiger partial charge in [0.1, 0.15) is 0 Å². The summed E-state index contributed by atoms with van der Waals surface area (Å²) in [7, 11) is 1.61. The highest BCUT2D eigenvalue weighted by atomic mass is 16.1. The molecule has 66 valence electrons. The van der Waals surface area contributed by atoms with Crippen molar-refractivity contribution in [3.05, 3.63) is 23.4 Å². The molecule has 4 nitrogen and oxygen atoms in total. The summed E-state index contributed by atoms with van der Waals surface area (Å²) in [6, 6.07) is 0. The van der Waals surface area contributed by atoms with E-state index < -0.39 is 0 Å². The Labute approximate surface area is 75.8 Å². The van der Waals surface area contributed by atoms with Crippen LogP contribution in [0, 0.1) is 0 Å². The third-order valence-corrected chi connectivity index (χ3v) is 2.00. The van der Waals surface area contributed by atoms with E-state index in [9.17, 15) is 4.79 Å². The molecule has 2 heterocycles. The van der Waals surface area contributed by atoms with Crippen LogP contribution in [0.15, 0.2) is 33.4 Å². The summed E-state index contributed by atoms with van der Waals surface area (Å²) in [5.74, 6) is 0.656. The van der Waals surface area contributed by atoms with Crippen LogP contribution in [0.25, 0.3) is 0 Å². The number of rotatable bonds is 1. The van der Waals surface area contributed by atoms with E-state index in [1.54, 1.807) is 19.5 Å². The van der Waals surface area contributed by atoms with Gasteiger partial charge in [0.2, 0.25) is 5.91 Å². The Kier molecular flexibility index (Phi) is 1.81. The summed E-state index contributed by atoms with van der Waals surface area (Å²) in [5, 5.41) is 2.57. The maximum Gasteiger partial charge on any atom is 0.248 e. The first-order valence-electron chi connectivity index (χ1n) is 4.04. The van der Waals surface area contributed by atoms with E-state index >= 15 is 0 Å². The number of hydrogen-bond acceptors (Lipinski definition) is 3. The van der Waals surface area contributed by atoms with Crippen molar-refractivity contribution in [3.63, 3.8) is 0 Å². The highest BCUT2D eigenvalue weighted by molar-refractivity contribution is 6.13. The number of amides is 1. The summed E-state index contributed by atoms with van der Waals surface area (Å²) >= 11 is 0. The van der Waals surface area contributed by atoms with Crippen LogP contribution in [0.2, 0.25) is 0 Å². The van der Waals surface area contributed by atoms with Gasteiger partial charge in [0.05, 0.1) is 0 Å². The predicted octanol–water partition coefficient (Wildman–Crippen LogP) is 0.429. The standard InChI is InChI=1S/C9H9N3O/c1-10-9(13)7-4-6-2-3-11-8(6)12-5-7/h2-3,5H,4H2,1H3,(H,10,13). The molecule has 0 aromatic heterocycles. The molecule has 13 heavy (non-hydrogen) atoms. The Balaban J connectivity index is 2.25. The maximum absolute atomic E-state index is 11.2. The van der Waals surface area contributed by atoms with Crippen molar-refractivity contribution in [2.75, 3.05) is 7.05 Å². The van der Waals surface area contributed by atoms with Gasteiger partial charge >= 0.3 is 0 Å². The maximum atomic E-state index is 11.2. The molecule has 0 fully saturated rings. The van der Waals surface area contributed by atoms with Gasteiger partial charge in [0.15, 0.2) is 5.84 Å². The zero-order valence-corrected chi connectivity index (χ0v) is 7.24. The topological polar surface area (TPSA) is 53.8 Å². The second-order valence-corrected chi connectivity index (χ2v) is 2.83. The molecular weight excluding hydrogens is 166 g/mol. The zero-order chi connectivity index (χ0) is 9.26. The van der Waals surface area contributed by atoms with Gasteiger partial charge in [0, 0.05) is 37.0 Å². The fraction of sp³-hybridized carbons (Fsp3) is 0.222. The van der Waals surface area contributed by atoms with Gasteiger partial charge < -0.3 is 5.32 Å². The Morgan fingerprint density at radius 1 is 1.62 bits per heavy atom. The molecule has 0 aromatic carbocycles. The fourth-order valence-corrected chi connectivity index (χ4v) is 1.30. The zero-order valence-electron chi connectivity index (χ0n) is 7.24. The molecule has 0 saturated carbocycles. The van der Waals surface area contributed by atoms with E-state index in [0.717, 1.165) is 11.4 Å². The van der Waals surface area contributed by atoms with E-state index in [0.29, 0.717) is 12.0 Å². The number of amidine groups is 1. The van der Waals surface area contributed by atoms with Crippen LogP contribution in [0.5, 0.6) is 0 Å². The van der Waals surface area contributed by atoms with E-state index in [1.165, 1.54) is 0 Å². The third-order valence-electron chi connectivity index (χ3n) is 2.00. The van der Waals surface area contributed by atoms with Crippen LogP contribution in [0.1, 0.15) is 6.42 Å². The summed E-state index contributed by atoms with van der Waals surface area (Å²) in [5.41, 5.74) is 1.70. The van der Waals surface area contributed by atoms with Crippen LogP contribution < -0.4 is 5.32 Å². The van der Waals surface area contributed by atoms with Crippen LogP contribution in [-0.4, -0.2) is 25.0 Å². The minimum absolute atomic E-state index is 0.0735. The number of allylic oxidation sites excluding steroid dienone is 1. The quantitative estimate of drug-likeness (QED) is 0.617. The van der Waals surface area contributed by atoms with Crippen molar-refractivity contribution in [2.45, 2.75) is 6.42 Å². The average molecular weight is 175 g/mol. The van der Waals surface area contributed by atoms with Crippen molar-refractivity contribution < 1.29 is 4.79 Å². The fourth-order valence-electron chi connectivity index (χ4n) is 1.30. The first kappa shape index (κ1) is 7.91. The molecule has 1 N–H and O–H groups in total. The Bertz CT molecular complexity index is 374. The van der Waals surface area contributed by atoms with Crippen molar-refractivity contribution in [2.24, 2.45) is 9.98 Å². The summed E-state index contributed by atoms with van der Waals surface area (Å²) < 4.78 is 0. The lowest BCUT2D eigenvalue weighted by atomic mass is 10.0. The lowest BCUT2D eigenvalue weighted by Gasteiger charge is -2.10. The lowest BCUT2D eigenvalue weighted by Crippen LogP contribution is -2.22. The van der Waals surface area contributed by atoms with E-state index in [1.807, 2.05) is 6.08 Å². The number of nitrogens with zero attached hydrogens (tertiary/aromatic N) is 2. The van der Waals surface area contributed by atoms with E-state index in [2.05, 4.69) is 15.3 Å². The molecular formula is C9H9N3O. The first-order chi connectivity index (χ1) is 6.31. The van der Waals surface area contributed by atoms with Crippen molar-refractivity contribution in [1.29, 1.82) is 0 Å². The highest BCUT2D eigenvalue weighted by Gasteiger charge is 2.19. The number of nitrogens with one attached hydrogen (secondary N) is 1. The molecule has 0 spiro atoms. The Morgan fingerprint density at radius 2 is 2.46 bits per heavy atom. The summed E-state index contributed by atoms with van der Waals surface area (Å²) in [4.78, 5) is 19.3. The number of aliphatic imine (C=N–C) groups is 2. The number of likely N-dealkylation sites (N-methyl/N-ethyl adjacent to an activating group) is 1. The Morgan fingerprint density at radius 3 is 3.23 bits per heavy atom. The largest absolute Gasteiger partial charge is 0.355 e. The van der Waals surface area contributed by atoms with E-state index in [4.69, 9.17) is 0 Å². The van der Waals surface area contributed by atoms with Crippen molar-refractivity contribution >= 4 is 18.0 Å². The van der Waals surface area contributed by atoms with Gasteiger partial charge in [-0.2, -0.15) is 0 Å². The molecule has 2 aliphatic rings. The normalized spacial score (nSPS) is 18.7. The van der Waals surface area contributed by atoms with Crippen LogP contribution in [-0.2, 0) is 4.79 Å². The summed E-state index contributed by atoms with van der Waals surface area (Å²) in [6.07, 6.45) is 5.79. The number of hydrogen-bond donors (Lipinski definition) is 1.